The van der Waals surface area contributed by atoms with Crippen LogP contribution < -0.4 is 5.32 Å². The van der Waals surface area contributed by atoms with Crippen LogP contribution in [0, 0.1) is 12.3 Å². The van der Waals surface area contributed by atoms with E-state index in [0.717, 1.165) is 20.5 Å². The number of hydrogen-bond acceptors (Lipinski definition) is 11. The van der Waals surface area contributed by atoms with Crippen molar-refractivity contribution >= 4 is 70.2 Å². The van der Waals surface area contributed by atoms with Crippen molar-refractivity contribution in [3.05, 3.63) is 51.7 Å². The largest absolute Gasteiger partial charge is 0.427 e. The zero-order chi connectivity index (χ0) is 29.0. The predicted octanol–water partition coefficient (Wildman–Crippen LogP) is 3.66. The van der Waals surface area contributed by atoms with E-state index in [1.807, 2.05) is 31.2 Å². The monoisotopic (exact) mass is 624 g/mol. The fraction of sp³-hybridized carbons (Fsp3) is 0.462. The van der Waals surface area contributed by atoms with Gasteiger partial charge in [-0.05, 0) is 44.4 Å². The number of aryl methyl sites for hydroxylation is 1. The van der Waals surface area contributed by atoms with Crippen LogP contribution in [0.5, 0.6) is 0 Å². The van der Waals surface area contributed by atoms with Crippen LogP contribution >= 0.6 is 46.5 Å². The van der Waals surface area contributed by atoms with E-state index in [1.54, 1.807) is 20.8 Å². The first-order chi connectivity index (χ1) is 19.0. The molecule has 40 heavy (non-hydrogen) atoms. The molecule has 10 nitrogen and oxygen atoms in total. The van der Waals surface area contributed by atoms with Crippen LogP contribution in [0.15, 0.2) is 39.9 Å². The molecule has 0 bridgehead atoms. The second-order valence-electron chi connectivity index (χ2n) is 10.1. The molecule has 2 atom stereocenters. The van der Waals surface area contributed by atoms with Gasteiger partial charge in [-0.25, -0.2) is 4.79 Å². The number of esters is 2. The minimum atomic E-state index is -0.777. The second-order valence-corrected chi connectivity index (χ2v) is 13.9. The fourth-order valence-corrected chi connectivity index (χ4v) is 7.32. The number of nitrogens with zero attached hydrogens (tertiary/aromatic N) is 3. The minimum Gasteiger partial charge on any atom is -0.427 e. The maximum atomic E-state index is 13.2. The van der Waals surface area contributed by atoms with E-state index in [2.05, 4.69) is 15.5 Å². The lowest BCUT2D eigenvalue weighted by Crippen LogP contribution is -2.70. The van der Waals surface area contributed by atoms with Crippen molar-refractivity contribution in [2.24, 2.45) is 5.41 Å². The van der Waals surface area contributed by atoms with Crippen LogP contribution in [0.25, 0.3) is 0 Å². The lowest BCUT2D eigenvalue weighted by Gasteiger charge is -2.49. The number of rotatable bonds is 10. The Kier molecular flexibility index (Phi) is 9.80. The Labute approximate surface area is 249 Å². The van der Waals surface area contributed by atoms with Gasteiger partial charge in [0.25, 0.3) is 5.91 Å². The Bertz CT molecular complexity index is 1320. The Morgan fingerprint density at radius 3 is 2.48 bits per heavy atom. The number of benzene rings is 1. The maximum absolute atomic E-state index is 13.2. The Hall–Kier alpha value is -2.61. The van der Waals surface area contributed by atoms with Gasteiger partial charge in [0.15, 0.2) is 4.34 Å². The lowest BCUT2D eigenvalue weighted by molar-refractivity contribution is -0.173. The molecule has 1 saturated heterocycles. The summed E-state index contributed by atoms with van der Waals surface area (Å²) in [6, 6.07) is 6.59. The minimum absolute atomic E-state index is 0.108. The molecule has 0 radical (unpaired) electrons. The Morgan fingerprint density at radius 2 is 1.85 bits per heavy atom. The van der Waals surface area contributed by atoms with Crippen LogP contribution in [0.1, 0.15) is 36.9 Å². The molecule has 1 aromatic heterocycles. The SMILES string of the molecule is Cc1nnc(SCC2=C(C(=O)OCOC(=O)C(C)(C)C)N3C(=O)C(NC(=O)Cc4ccc(CCl)cc4)C3SC2)s1. The van der Waals surface area contributed by atoms with Crippen molar-refractivity contribution in [3.8, 4) is 0 Å². The first-order valence-corrected chi connectivity index (χ1v) is 15.7. The number of carbonyl (C=O) groups is 4. The first kappa shape index (κ1) is 30.4. The molecule has 214 valence electrons. The highest BCUT2D eigenvalue weighted by Gasteiger charge is 2.54. The summed E-state index contributed by atoms with van der Waals surface area (Å²) in [5.41, 5.74) is 1.78. The third kappa shape index (κ3) is 7.17. The van der Waals surface area contributed by atoms with E-state index in [1.165, 1.54) is 39.8 Å². The van der Waals surface area contributed by atoms with Gasteiger partial charge >= 0.3 is 11.9 Å². The van der Waals surface area contributed by atoms with E-state index < -0.39 is 41.5 Å². The molecule has 1 fully saturated rings. The van der Waals surface area contributed by atoms with Gasteiger partial charge in [0.1, 0.15) is 22.1 Å². The van der Waals surface area contributed by atoms with Gasteiger partial charge in [-0.15, -0.1) is 33.6 Å². The average molecular weight is 625 g/mol. The van der Waals surface area contributed by atoms with Crippen LogP contribution in [0.4, 0.5) is 0 Å². The number of ether oxygens (including phenoxy) is 2. The molecule has 14 heteroatoms. The topological polar surface area (TPSA) is 128 Å². The molecule has 1 aromatic carbocycles. The molecule has 2 aliphatic rings. The van der Waals surface area contributed by atoms with Crippen molar-refractivity contribution in [2.45, 2.75) is 55.8 Å². The number of thioether (sulfide) groups is 2. The van der Waals surface area contributed by atoms with Crippen LogP contribution in [-0.4, -0.2) is 68.6 Å². The van der Waals surface area contributed by atoms with Gasteiger partial charge in [0.05, 0.1) is 11.8 Å². The highest BCUT2D eigenvalue weighted by atomic mass is 35.5. The standard InChI is InChI=1S/C26H29ClN4O6S3/c1-14-29-30-25(40-14)39-12-17-11-38-22-19(28-18(32)9-15-5-7-16(10-27)8-6-15)21(33)31(22)20(17)23(34)36-13-37-24(35)26(2,3)4/h5-8,19,22H,9-13H2,1-4H3,(H,28,32). The summed E-state index contributed by atoms with van der Waals surface area (Å²) in [6.45, 7) is 6.35. The third-order valence-electron chi connectivity index (χ3n) is 5.97. The van der Waals surface area contributed by atoms with Crippen LogP contribution in [-0.2, 0) is 41.0 Å². The number of amides is 2. The van der Waals surface area contributed by atoms with Crippen molar-refractivity contribution in [1.82, 2.24) is 20.4 Å². The molecule has 4 rings (SSSR count). The van der Waals surface area contributed by atoms with Gasteiger partial charge in [-0.2, -0.15) is 0 Å². The molecule has 3 heterocycles. The van der Waals surface area contributed by atoms with E-state index in [-0.39, 0.29) is 18.0 Å². The summed E-state index contributed by atoms with van der Waals surface area (Å²) in [5.74, 6) is -0.779. The highest BCUT2D eigenvalue weighted by Crippen LogP contribution is 2.42. The Morgan fingerprint density at radius 1 is 1.15 bits per heavy atom. The maximum Gasteiger partial charge on any atom is 0.357 e. The molecule has 0 saturated carbocycles. The number of alkyl halides is 1. The fourth-order valence-electron chi connectivity index (χ4n) is 3.85. The van der Waals surface area contributed by atoms with Crippen LogP contribution in [0.3, 0.4) is 0 Å². The summed E-state index contributed by atoms with van der Waals surface area (Å²) in [5, 5.41) is 11.3. The van der Waals surface area contributed by atoms with Gasteiger partial charge in [-0.1, -0.05) is 47.4 Å². The van der Waals surface area contributed by atoms with Crippen molar-refractivity contribution in [2.75, 3.05) is 18.3 Å². The number of halogens is 1. The summed E-state index contributed by atoms with van der Waals surface area (Å²) in [7, 11) is 0. The molecular formula is C26H29ClN4O6S3. The average Bonchev–Trinajstić information content (AvgIpc) is 3.34. The van der Waals surface area contributed by atoms with E-state index in [4.69, 9.17) is 21.1 Å². The first-order valence-electron chi connectivity index (χ1n) is 12.3. The highest BCUT2D eigenvalue weighted by molar-refractivity contribution is 8.01. The number of β-lactam (4-membered cyclic amide) rings is 1. The van der Waals surface area contributed by atoms with E-state index in [0.29, 0.717) is 23.0 Å². The molecule has 1 N–H and O–H groups in total. The molecule has 2 unspecified atom stereocenters. The normalized spacial score (nSPS) is 18.6. The van der Waals surface area contributed by atoms with Gasteiger partial charge in [-0.3, -0.25) is 19.3 Å². The third-order valence-corrected chi connectivity index (χ3v) is 9.68. The zero-order valence-corrected chi connectivity index (χ0v) is 25.6. The smallest absolute Gasteiger partial charge is 0.357 e. The second kappa shape index (κ2) is 12.9. The number of fused-ring (bicyclic) bond motifs is 1. The predicted molar refractivity (Wildman–Crippen MR) is 154 cm³/mol. The van der Waals surface area contributed by atoms with Crippen LogP contribution in [0.2, 0.25) is 0 Å². The summed E-state index contributed by atoms with van der Waals surface area (Å²) in [4.78, 5) is 52.6. The Balaban J connectivity index is 1.45. The summed E-state index contributed by atoms with van der Waals surface area (Å²) >= 11 is 10.1. The molecule has 0 spiro atoms. The summed E-state index contributed by atoms with van der Waals surface area (Å²) in [6.07, 6.45) is 0.108. The van der Waals surface area contributed by atoms with Gasteiger partial charge < -0.3 is 14.8 Å². The van der Waals surface area contributed by atoms with Crippen molar-refractivity contribution in [1.29, 1.82) is 0 Å². The molecular weight excluding hydrogens is 596 g/mol. The molecule has 2 aliphatic heterocycles. The van der Waals surface area contributed by atoms with Crippen molar-refractivity contribution < 1.29 is 28.7 Å². The van der Waals surface area contributed by atoms with E-state index in [9.17, 15) is 19.2 Å². The molecule has 2 aromatic rings. The summed E-state index contributed by atoms with van der Waals surface area (Å²) < 4.78 is 11.1. The van der Waals surface area contributed by atoms with Gasteiger partial charge in [0.2, 0.25) is 12.7 Å². The molecule has 0 aliphatic carbocycles. The number of nitrogens with one attached hydrogen (secondary N) is 1. The van der Waals surface area contributed by atoms with Gasteiger partial charge in [0, 0.05) is 17.4 Å². The zero-order valence-electron chi connectivity index (χ0n) is 22.4. The number of carbonyl (C=O) groups excluding carboxylic acids is 4. The van der Waals surface area contributed by atoms with Crippen molar-refractivity contribution in [3.63, 3.8) is 0 Å². The van der Waals surface area contributed by atoms with E-state index >= 15 is 0 Å². The molecule has 2 amide bonds. The quantitative estimate of drug-likeness (QED) is 0.137. The number of hydrogen-bond donors (Lipinski definition) is 1. The number of aromatic nitrogens is 2. The lowest BCUT2D eigenvalue weighted by atomic mass is 9.98.